The van der Waals surface area contributed by atoms with Crippen LogP contribution in [0.1, 0.15) is 29.6 Å². The molecule has 1 fully saturated rings. The number of benzene rings is 2. The quantitative estimate of drug-likeness (QED) is 0.418. The van der Waals surface area contributed by atoms with Gasteiger partial charge in [0.15, 0.2) is 0 Å². The third kappa shape index (κ3) is 5.40. The maximum absolute atomic E-state index is 13.8. The summed E-state index contributed by atoms with van der Waals surface area (Å²) in [5, 5.41) is 6.14. The summed E-state index contributed by atoms with van der Waals surface area (Å²) < 4.78 is 34.8. The highest BCUT2D eigenvalue weighted by Gasteiger charge is 2.37. The molecule has 1 aromatic heterocycles. The van der Waals surface area contributed by atoms with Gasteiger partial charge in [-0.3, -0.25) is 13.9 Å². The molecule has 5 rings (SSSR count). The van der Waals surface area contributed by atoms with Gasteiger partial charge in [0.25, 0.3) is 15.9 Å². The number of halogens is 3. The molecular weight excluding hydrogens is 575 g/mol. The fourth-order valence-electron chi connectivity index (χ4n) is 4.44. The highest BCUT2D eigenvalue weighted by molar-refractivity contribution is 7.92. The predicted octanol–water partition coefficient (Wildman–Crippen LogP) is 4.92. The van der Waals surface area contributed by atoms with E-state index >= 15 is 0 Å². The normalized spacial score (nSPS) is 18.9. The number of sulfonamides is 1. The van der Waals surface area contributed by atoms with Crippen LogP contribution in [0.3, 0.4) is 0 Å². The lowest BCUT2D eigenvalue weighted by atomic mass is 10.1. The molecule has 2 N–H and O–H groups in total. The van der Waals surface area contributed by atoms with Gasteiger partial charge in [-0.05, 0) is 42.8 Å². The Morgan fingerprint density at radius 1 is 1.13 bits per heavy atom. The molecule has 38 heavy (non-hydrogen) atoms. The molecule has 3 aromatic rings. The predicted molar refractivity (Wildman–Crippen MR) is 145 cm³/mol. The number of ether oxygens (including phenoxy) is 1. The summed E-state index contributed by atoms with van der Waals surface area (Å²) in [5.41, 5.74) is 0.424. The number of nitrogens with zero attached hydrogens (tertiary/aromatic N) is 2. The average molecular weight is 596 g/mol. The van der Waals surface area contributed by atoms with Crippen molar-refractivity contribution in [2.24, 2.45) is 0 Å². The number of hydrogen-bond donors (Lipinski definition) is 2. The van der Waals surface area contributed by atoms with Gasteiger partial charge in [-0.25, -0.2) is 13.4 Å². The van der Waals surface area contributed by atoms with Crippen molar-refractivity contribution in [3.8, 4) is 5.88 Å². The summed E-state index contributed by atoms with van der Waals surface area (Å²) >= 11 is 18.4. The molecule has 3 heterocycles. The summed E-state index contributed by atoms with van der Waals surface area (Å²) in [6, 6.07) is 11.9. The van der Waals surface area contributed by atoms with Gasteiger partial charge in [0.05, 0.1) is 38.9 Å². The summed E-state index contributed by atoms with van der Waals surface area (Å²) in [5.74, 6) is -0.560. The van der Waals surface area contributed by atoms with E-state index in [2.05, 4.69) is 15.6 Å². The molecule has 1 saturated heterocycles. The van der Waals surface area contributed by atoms with Crippen LogP contribution in [0.2, 0.25) is 15.1 Å². The van der Waals surface area contributed by atoms with Gasteiger partial charge >= 0.3 is 0 Å². The molecule has 2 aliphatic rings. The summed E-state index contributed by atoms with van der Waals surface area (Å²) in [6.07, 6.45) is 2.23. The van der Waals surface area contributed by atoms with E-state index < -0.39 is 22.0 Å². The van der Waals surface area contributed by atoms with Crippen LogP contribution in [-0.2, 0) is 14.8 Å². The fourth-order valence-corrected chi connectivity index (χ4v) is 6.80. The molecule has 0 bridgehead atoms. The van der Waals surface area contributed by atoms with Gasteiger partial charge in [-0.15, -0.1) is 0 Å². The van der Waals surface area contributed by atoms with Gasteiger partial charge in [-0.1, -0.05) is 46.9 Å². The van der Waals surface area contributed by atoms with E-state index in [1.165, 1.54) is 40.8 Å². The molecule has 13 heteroatoms. The number of nitrogens with one attached hydrogen (secondary N) is 2. The standard InChI is InChI=1S/C25H21Cl3N4O5S/c26-14-3-1-4-18(9-14)38(35,36)32-13-17(10-15-7-8-22(33)30-15)37-25-21(32)11-16(12-29-25)31-24(34)23-19(27)5-2-6-20(23)28/h1-6,9,11-12,15,17H,7-8,10,13H2,(H,30,33)(H,31,34)/t15?,17-/m0/s1. The number of pyridine rings is 1. The van der Waals surface area contributed by atoms with Crippen molar-refractivity contribution in [3.05, 3.63) is 75.4 Å². The first kappa shape index (κ1) is 26.6. The second-order valence-electron chi connectivity index (χ2n) is 8.87. The minimum Gasteiger partial charge on any atom is -0.471 e. The van der Waals surface area contributed by atoms with Crippen LogP contribution >= 0.6 is 34.8 Å². The van der Waals surface area contributed by atoms with E-state index in [-0.39, 0.29) is 61.3 Å². The van der Waals surface area contributed by atoms with Gasteiger partial charge in [0, 0.05) is 23.9 Å². The lowest BCUT2D eigenvalue weighted by Crippen LogP contribution is -2.46. The maximum Gasteiger partial charge on any atom is 0.264 e. The lowest BCUT2D eigenvalue weighted by molar-refractivity contribution is -0.119. The van der Waals surface area contributed by atoms with Crippen LogP contribution in [0, 0.1) is 0 Å². The Morgan fingerprint density at radius 2 is 1.87 bits per heavy atom. The van der Waals surface area contributed by atoms with Crippen molar-refractivity contribution in [1.29, 1.82) is 0 Å². The molecular formula is C25H21Cl3N4O5S. The molecule has 9 nitrogen and oxygen atoms in total. The second kappa shape index (κ2) is 10.6. The number of carbonyl (C=O) groups is 2. The van der Waals surface area contributed by atoms with E-state index in [0.717, 1.165) is 0 Å². The molecule has 2 aromatic carbocycles. The summed E-state index contributed by atoms with van der Waals surface area (Å²) in [7, 11) is -4.10. The van der Waals surface area contributed by atoms with Crippen molar-refractivity contribution < 1.29 is 22.7 Å². The van der Waals surface area contributed by atoms with E-state index in [1.54, 1.807) is 18.2 Å². The largest absolute Gasteiger partial charge is 0.471 e. The zero-order chi connectivity index (χ0) is 27.0. The van der Waals surface area contributed by atoms with Crippen LogP contribution in [0.4, 0.5) is 11.4 Å². The molecule has 0 radical (unpaired) electrons. The van der Waals surface area contributed by atoms with Gasteiger partial charge in [0.2, 0.25) is 11.8 Å². The van der Waals surface area contributed by atoms with E-state index in [4.69, 9.17) is 39.5 Å². The SMILES string of the molecule is O=C1CCC(C[C@H]2CN(S(=O)(=O)c3cccc(Cl)c3)c3cc(NC(=O)c4c(Cl)cccc4Cl)cnc3O2)N1. The topological polar surface area (TPSA) is 118 Å². The van der Waals surface area contributed by atoms with Crippen LogP contribution in [0.5, 0.6) is 5.88 Å². The first-order valence-electron chi connectivity index (χ1n) is 11.6. The molecule has 0 aliphatic carbocycles. The Balaban J connectivity index is 1.50. The van der Waals surface area contributed by atoms with E-state index in [1.807, 2.05) is 0 Å². The monoisotopic (exact) mass is 594 g/mol. The van der Waals surface area contributed by atoms with Gasteiger partial charge in [0.1, 0.15) is 11.8 Å². The zero-order valence-electron chi connectivity index (χ0n) is 19.7. The van der Waals surface area contributed by atoms with Crippen molar-refractivity contribution in [2.75, 3.05) is 16.2 Å². The van der Waals surface area contributed by atoms with Gasteiger partial charge in [-0.2, -0.15) is 0 Å². The van der Waals surface area contributed by atoms with E-state index in [0.29, 0.717) is 19.3 Å². The third-order valence-electron chi connectivity index (χ3n) is 6.21. The first-order valence-corrected chi connectivity index (χ1v) is 14.2. The Hall–Kier alpha value is -3.05. The molecule has 1 unspecified atom stereocenters. The van der Waals surface area contributed by atoms with Crippen molar-refractivity contribution in [2.45, 2.75) is 36.3 Å². The second-order valence-corrected chi connectivity index (χ2v) is 12.0. The molecule has 2 amide bonds. The average Bonchev–Trinajstić information content (AvgIpc) is 3.28. The van der Waals surface area contributed by atoms with Gasteiger partial charge < -0.3 is 15.4 Å². The van der Waals surface area contributed by atoms with Crippen molar-refractivity contribution in [1.82, 2.24) is 10.3 Å². The highest BCUT2D eigenvalue weighted by atomic mass is 35.5. The fraction of sp³-hybridized carbons (Fsp3) is 0.240. The minimum atomic E-state index is -4.10. The number of anilines is 2. The Kier molecular flexibility index (Phi) is 7.41. The summed E-state index contributed by atoms with van der Waals surface area (Å²) in [4.78, 5) is 28.9. The number of rotatable bonds is 6. The summed E-state index contributed by atoms with van der Waals surface area (Å²) in [6.45, 7) is -0.0381. The Morgan fingerprint density at radius 3 is 2.55 bits per heavy atom. The zero-order valence-corrected chi connectivity index (χ0v) is 22.7. The van der Waals surface area contributed by atoms with E-state index in [9.17, 15) is 18.0 Å². The van der Waals surface area contributed by atoms with Crippen LogP contribution in [-0.4, -0.2) is 43.9 Å². The third-order valence-corrected chi connectivity index (χ3v) is 8.85. The Labute approximate surface area is 234 Å². The first-order chi connectivity index (χ1) is 18.1. The Bertz CT molecular complexity index is 1510. The van der Waals surface area contributed by atoms with Crippen LogP contribution in [0.25, 0.3) is 0 Å². The molecule has 2 aliphatic heterocycles. The number of hydrogen-bond acceptors (Lipinski definition) is 6. The molecule has 0 saturated carbocycles. The smallest absolute Gasteiger partial charge is 0.264 e. The highest BCUT2D eigenvalue weighted by Crippen LogP contribution is 2.39. The molecule has 2 atom stereocenters. The van der Waals surface area contributed by atoms with Crippen LogP contribution < -0.4 is 19.7 Å². The maximum atomic E-state index is 13.8. The number of fused-ring (bicyclic) bond motifs is 1. The number of amides is 2. The minimum absolute atomic E-state index is 0.0111. The number of aromatic nitrogens is 1. The van der Waals surface area contributed by atoms with Crippen molar-refractivity contribution >= 4 is 68.0 Å². The molecule has 198 valence electrons. The number of carbonyl (C=O) groups excluding carboxylic acids is 2. The lowest BCUT2D eigenvalue weighted by Gasteiger charge is -2.35. The van der Waals surface area contributed by atoms with Crippen LogP contribution in [0.15, 0.2) is 59.6 Å². The van der Waals surface area contributed by atoms with Crippen molar-refractivity contribution in [3.63, 3.8) is 0 Å². The molecule has 0 spiro atoms.